The van der Waals surface area contributed by atoms with Crippen molar-refractivity contribution in [3.63, 3.8) is 0 Å². The van der Waals surface area contributed by atoms with Gasteiger partial charge in [0.15, 0.2) is 18.1 Å². The van der Waals surface area contributed by atoms with Crippen molar-refractivity contribution in [3.8, 4) is 28.7 Å². The molecule has 3 aromatic rings. The van der Waals surface area contributed by atoms with E-state index in [9.17, 15) is 4.79 Å². The molecule has 1 heterocycles. The van der Waals surface area contributed by atoms with E-state index in [0.29, 0.717) is 28.4 Å². The highest BCUT2D eigenvalue weighted by Gasteiger charge is 2.18. The zero-order valence-electron chi connectivity index (χ0n) is 16.9. The van der Waals surface area contributed by atoms with Crippen LogP contribution in [0.15, 0.2) is 34.7 Å². The molecule has 0 aliphatic carbocycles. The van der Waals surface area contributed by atoms with Gasteiger partial charge in [0.2, 0.25) is 11.6 Å². The molecule has 152 valence electrons. The average Bonchev–Trinajstić information content (AvgIpc) is 3.21. The summed E-state index contributed by atoms with van der Waals surface area (Å²) in [4.78, 5) is 12.2. The van der Waals surface area contributed by atoms with Crippen molar-refractivity contribution in [1.29, 1.82) is 0 Å². The SMILES string of the molecule is COc1cc(-c2nnc(COC(=O)c3ccc(C)c(C)c3)o2)cc(OC)c1OC. The molecular formula is C21H22N2O6. The molecule has 8 heteroatoms. The van der Waals surface area contributed by atoms with E-state index in [2.05, 4.69) is 10.2 Å². The van der Waals surface area contributed by atoms with Crippen molar-refractivity contribution in [3.05, 3.63) is 52.9 Å². The van der Waals surface area contributed by atoms with E-state index in [-0.39, 0.29) is 18.4 Å². The summed E-state index contributed by atoms with van der Waals surface area (Å²) in [6.07, 6.45) is 0. The van der Waals surface area contributed by atoms with Crippen LogP contribution in [0.5, 0.6) is 17.2 Å². The summed E-state index contributed by atoms with van der Waals surface area (Å²) in [6.45, 7) is 3.78. The largest absolute Gasteiger partial charge is 0.493 e. The first-order valence-corrected chi connectivity index (χ1v) is 8.84. The summed E-state index contributed by atoms with van der Waals surface area (Å²) in [6, 6.07) is 8.77. The van der Waals surface area contributed by atoms with Crippen LogP contribution in [0.1, 0.15) is 27.4 Å². The highest BCUT2D eigenvalue weighted by atomic mass is 16.5. The zero-order valence-corrected chi connectivity index (χ0v) is 16.9. The van der Waals surface area contributed by atoms with E-state index in [4.69, 9.17) is 23.4 Å². The van der Waals surface area contributed by atoms with Gasteiger partial charge in [0.25, 0.3) is 5.89 Å². The lowest BCUT2D eigenvalue weighted by Gasteiger charge is -2.12. The molecule has 0 bridgehead atoms. The molecule has 0 unspecified atom stereocenters. The first-order valence-electron chi connectivity index (χ1n) is 8.84. The molecule has 3 rings (SSSR count). The van der Waals surface area contributed by atoms with Crippen molar-refractivity contribution < 1.29 is 28.2 Å². The molecule has 0 fully saturated rings. The van der Waals surface area contributed by atoms with Crippen molar-refractivity contribution in [2.24, 2.45) is 0 Å². The number of hydrogen-bond donors (Lipinski definition) is 0. The molecule has 1 aromatic heterocycles. The highest BCUT2D eigenvalue weighted by molar-refractivity contribution is 5.89. The monoisotopic (exact) mass is 398 g/mol. The van der Waals surface area contributed by atoms with Crippen LogP contribution < -0.4 is 14.2 Å². The molecule has 0 N–H and O–H groups in total. The molecular weight excluding hydrogens is 376 g/mol. The van der Waals surface area contributed by atoms with Gasteiger partial charge in [-0.3, -0.25) is 0 Å². The summed E-state index contributed by atoms with van der Waals surface area (Å²) in [5.74, 6) is 1.33. The Labute approximate surface area is 168 Å². The minimum absolute atomic E-state index is 0.136. The predicted molar refractivity (Wildman–Crippen MR) is 104 cm³/mol. The summed E-state index contributed by atoms with van der Waals surface area (Å²) < 4.78 is 26.9. The van der Waals surface area contributed by atoms with Crippen molar-refractivity contribution in [2.75, 3.05) is 21.3 Å². The standard InChI is InChI=1S/C21H22N2O6/c1-12-6-7-14(8-13(12)2)21(24)28-11-18-22-23-20(29-18)15-9-16(25-3)19(27-5)17(10-15)26-4/h6-10H,11H2,1-5H3. The first-order chi connectivity index (χ1) is 14.0. The third kappa shape index (κ3) is 4.31. The molecule has 8 nitrogen and oxygen atoms in total. The van der Waals surface area contributed by atoms with Crippen molar-refractivity contribution in [1.82, 2.24) is 10.2 Å². The molecule has 2 aromatic carbocycles. The van der Waals surface area contributed by atoms with Crippen LogP contribution in [-0.4, -0.2) is 37.5 Å². The van der Waals surface area contributed by atoms with Crippen molar-refractivity contribution in [2.45, 2.75) is 20.5 Å². The molecule has 0 aliphatic rings. The number of methoxy groups -OCH3 is 3. The first kappa shape index (κ1) is 20.2. The average molecular weight is 398 g/mol. The van der Waals surface area contributed by atoms with Gasteiger partial charge in [0.05, 0.1) is 26.9 Å². The number of hydrogen-bond acceptors (Lipinski definition) is 8. The Kier molecular flexibility index (Phi) is 6.01. The number of benzene rings is 2. The van der Waals surface area contributed by atoms with E-state index >= 15 is 0 Å². The Morgan fingerprint density at radius 3 is 2.21 bits per heavy atom. The van der Waals surface area contributed by atoms with Crippen LogP contribution in [0.3, 0.4) is 0 Å². The van der Waals surface area contributed by atoms with Gasteiger partial charge < -0.3 is 23.4 Å². The third-order valence-corrected chi connectivity index (χ3v) is 4.45. The molecule has 29 heavy (non-hydrogen) atoms. The number of carbonyl (C=O) groups is 1. The molecule has 0 atom stereocenters. The Bertz CT molecular complexity index is 1000. The maximum atomic E-state index is 12.2. The maximum absolute atomic E-state index is 12.2. The number of aryl methyl sites for hydroxylation is 2. The summed E-state index contributed by atoms with van der Waals surface area (Å²) in [5.41, 5.74) is 3.17. The van der Waals surface area contributed by atoms with Gasteiger partial charge in [-0.2, -0.15) is 0 Å². The second-order valence-corrected chi connectivity index (χ2v) is 6.29. The lowest BCUT2D eigenvalue weighted by Crippen LogP contribution is -2.06. The third-order valence-electron chi connectivity index (χ3n) is 4.45. The Hall–Kier alpha value is -3.55. The fourth-order valence-electron chi connectivity index (χ4n) is 2.71. The minimum atomic E-state index is -0.458. The molecule has 0 aliphatic heterocycles. The fourth-order valence-corrected chi connectivity index (χ4v) is 2.71. The summed E-state index contributed by atoms with van der Waals surface area (Å²) in [7, 11) is 4.56. The van der Waals surface area contributed by atoms with Crippen LogP contribution in [-0.2, 0) is 11.3 Å². The van der Waals surface area contributed by atoms with E-state index in [1.54, 1.807) is 24.3 Å². The van der Waals surface area contributed by atoms with Crippen LogP contribution in [0.25, 0.3) is 11.5 Å². The summed E-state index contributed by atoms with van der Waals surface area (Å²) in [5, 5.41) is 7.95. The number of rotatable bonds is 7. The van der Waals surface area contributed by atoms with Gasteiger partial charge in [-0.1, -0.05) is 6.07 Å². The van der Waals surface area contributed by atoms with Gasteiger partial charge in [0.1, 0.15) is 0 Å². The number of ether oxygens (including phenoxy) is 4. The van der Waals surface area contributed by atoms with E-state index in [1.165, 1.54) is 21.3 Å². The van der Waals surface area contributed by atoms with Gasteiger partial charge in [-0.05, 0) is 49.2 Å². The number of carbonyl (C=O) groups excluding carboxylic acids is 1. The molecule has 0 saturated heterocycles. The minimum Gasteiger partial charge on any atom is -0.493 e. The highest BCUT2D eigenvalue weighted by Crippen LogP contribution is 2.40. The zero-order chi connectivity index (χ0) is 21.0. The lowest BCUT2D eigenvalue weighted by molar-refractivity contribution is 0.0438. The lowest BCUT2D eigenvalue weighted by atomic mass is 10.1. The number of nitrogens with zero attached hydrogens (tertiary/aromatic N) is 2. The van der Waals surface area contributed by atoms with Crippen molar-refractivity contribution >= 4 is 5.97 Å². The summed E-state index contributed by atoms with van der Waals surface area (Å²) >= 11 is 0. The number of esters is 1. The smallest absolute Gasteiger partial charge is 0.338 e. The normalized spacial score (nSPS) is 10.5. The van der Waals surface area contributed by atoms with Gasteiger partial charge in [-0.25, -0.2) is 4.79 Å². The Balaban J connectivity index is 1.75. The van der Waals surface area contributed by atoms with Crippen LogP contribution >= 0.6 is 0 Å². The second-order valence-electron chi connectivity index (χ2n) is 6.29. The maximum Gasteiger partial charge on any atom is 0.338 e. The molecule has 0 amide bonds. The van der Waals surface area contributed by atoms with Crippen LogP contribution in [0.2, 0.25) is 0 Å². The molecule has 0 saturated carbocycles. The van der Waals surface area contributed by atoms with Crippen LogP contribution in [0, 0.1) is 13.8 Å². The fraction of sp³-hybridized carbons (Fsp3) is 0.286. The second kappa shape index (κ2) is 8.64. The topological polar surface area (TPSA) is 92.9 Å². The van der Waals surface area contributed by atoms with Gasteiger partial charge in [0, 0.05) is 5.56 Å². The van der Waals surface area contributed by atoms with E-state index in [1.807, 2.05) is 19.9 Å². The van der Waals surface area contributed by atoms with E-state index < -0.39 is 5.97 Å². The predicted octanol–water partition coefficient (Wildman–Crippen LogP) is 3.74. The molecule has 0 radical (unpaired) electrons. The van der Waals surface area contributed by atoms with Gasteiger partial charge >= 0.3 is 5.97 Å². The van der Waals surface area contributed by atoms with Crippen LogP contribution in [0.4, 0.5) is 0 Å². The Morgan fingerprint density at radius 2 is 1.62 bits per heavy atom. The quantitative estimate of drug-likeness (QED) is 0.556. The van der Waals surface area contributed by atoms with E-state index in [0.717, 1.165) is 11.1 Å². The number of aromatic nitrogens is 2. The molecule has 0 spiro atoms. The Morgan fingerprint density at radius 1 is 0.931 bits per heavy atom. The van der Waals surface area contributed by atoms with Gasteiger partial charge in [-0.15, -0.1) is 10.2 Å².